The summed E-state index contributed by atoms with van der Waals surface area (Å²) in [5.41, 5.74) is 2.19. The van der Waals surface area contributed by atoms with Crippen LogP contribution in [0.3, 0.4) is 0 Å². The van der Waals surface area contributed by atoms with Crippen molar-refractivity contribution in [3.05, 3.63) is 83.1 Å². The van der Waals surface area contributed by atoms with E-state index < -0.39 is 0 Å². The predicted octanol–water partition coefficient (Wildman–Crippen LogP) is 4.01. The van der Waals surface area contributed by atoms with E-state index in [9.17, 15) is 4.79 Å². The Hall–Kier alpha value is -2.79. The minimum absolute atomic E-state index is 0.0276. The summed E-state index contributed by atoms with van der Waals surface area (Å²) in [5.74, 6) is 0.733. The molecule has 3 rings (SSSR count). The van der Waals surface area contributed by atoms with Gasteiger partial charge in [0, 0.05) is 30.4 Å². The molecule has 1 amide bonds. The van der Waals surface area contributed by atoms with E-state index in [1.165, 1.54) is 5.56 Å². The summed E-state index contributed by atoms with van der Waals surface area (Å²) in [7, 11) is 1.79. The topological polar surface area (TPSA) is 47.4 Å². The molecule has 0 saturated heterocycles. The maximum absolute atomic E-state index is 12.3. The van der Waals surface area contributed by atoms with Gasteiger partial charge in [0.15, 0.2) is 0 Å². The Morgan fingerprint density at radius 3 is 2.59 bits per heavy atom. The van der Waals surface area contributed by atoms with Gasteiger partial charge in [-0.1, -0.05) is 41.9 Å². The second kappa shape index (κ2) is 9.24. The predicted molar refractivity (Wildman–Crippen MR) is 106 cm³/mol. The molecular weight excluding hydrogens is 362 g/mol. The SMILES string of the molecule is CN(Cc1cnn(Cc2ccccc2)c1)C(=O)CCOc1ccc(Cl)cc1. The van der Waals surface area contributed by atoms with E-state index in [-0.39, 0.29) is 5.91 Å². The number of hydrogen-bond donors (Lipinski definition) is 0. The molecule has 6 heteroatoms. The van der Waals surface area contributed by atoms with Crippen LogP contribution >= 0.6 is 11.6 Å². The highest BCUT2D eigenvalue weighted by molar-refractivity contribution is 6.30. The van der Waals surface area contributed by atoms with Gasteiger partial charge in [0.2, 0.25) is 5.91 Å². The zero-order valence-electron chi connectivity index (χ0n) is 15.2. The van der Waals surface area contributed by atoms with Gasteiger partial charge in [0.1, 0.15) is 5.75 Å². The van der Waals surface area contributed by atoms with Crippen molar-refractivity contribution in [3.63, 3.8) is 0 Å². The van der Waals surface area contributed by atoms with Crippen LogP contribution in [0, 0.1) is 0 Å². The van der Waals surface area contributed by atoms with E-state index in [0.29, 0.717) is 36.9 Å². The summed E-state index contributed by atoms with van der Waals surface area (Å²) in [5, 5.41) is 5.03. The smallest absolute Gasteiger partial charge is 0.226 e. The lowest BCUT2D eigenvalue weighted by Gasteiger charge is -2.16. The summed E-state index contributed by atoms with van der Waals surface area (Å²) in [6, 6.07) is 17.3. The second-order valence-electron chi connectivity index (χ2n) is 6.33. The first-order chi connectivity index (χ1) is 13.1. The molecule has 0 spiro atoms. The van der Waals surface area contributed by atoms with Crippen LogP contribution < -0.4 is 4.74 Å². The van der Waals surface area contributed by atoms with E-state index in [4.69, 9.17) is 16.3 Å². The van der Waals surface area contributed by atoms with Crippen molar-refractivity contribution in [2.75, 3.05) is 13.7 Å². The largest absolute Gasteiger partial charge is 0.493 e. The molecule has 5 nitrogen and oxygen atoms in total. The van der Waals surface area contributed by atoms with Crippen LogP contribution in [0.4, 0.5) is 0 Å². The number of hydrogen-bond acceptors (Lipinski definition) is 3. The first-order valence-corrected chi connectivity index (χ1v) is 9.15. The molecule has 0 atom stereocenters. The van der Waals surface area contributed by atoms with Gasteiger partial charge in [-0.15, -0.1) is 0 Å². The number of rotatable bonds is 8. The van der Waals surface area contributed by atoms with Crippen molar-refractivity contribution in [2.24, 2.45) is 0 Å². The van der Waals surface area contributed by atoms with Gasteiger partial charge in [-0.3, -0.25) is 9.48 Å². The molecule has 2 aromatic carbocycles. The highest BCUT2D eigenvalue weighted by Gasteiger charge is 2.11. The standard InChI is InChI=1S/C21H22ClN3O2/c1-24(21(26)11-12-27-20-9-7-19(22)8-10-20)14-18-13-23-25(16-18)15-17-5-3-2-4-6-17/h2-10,13,16H,11-12,14-15H2,1H3. The van der Waals surface area contributed by atoms with E-state index >= 15 is 0 Å². The number of ether oxygens (including phenoxy) is 1. The number of aromatic nitrogens is 2. The second-order valence-corrected chi connectivity index (χ2v) is 6.77. The lowest BCUT2D eigenvalue weighted by Crippen LogP contribution is -2.27. The summed E-state index contributed by atoms with van der Waals surface area (Å²) in [6.07, 6.45) is 4.09. The van der Waals surface area contributed by atoms with E-state index in [1.807, 2.05) is 29.1 Å². The summed E-state index contributed by atoms with van der Waals surface area (Å²) in [6.45, 7) is 1.57. The Morgan fingerprint density at radius 2 is 1.85 bits per heavy atom. The molecule has 1 aromatic heterocycles. The Balaban J connectivity index is 1.44. The molecule has 0 N–H and O–H groups in total. The zero-order chi connectivity index (χ0) is 19.1. The molecular formula is C21H22ClN3O2. The van der Waals surface area contributed by atoms with Crippen LogP contribution in [-0.4, -0.2) is 34.2 Å². The molecule has 0 saturated carbocycles. The van der Waals surface area contributed by atoms with Gasteiger partial charge < -0.3 is 9.64 Å². The monoisotopic (exact) mass is 383 g/mol. The van der Waals surface area contributed by atoms with Crippen molar-refractivity contribution in [1.29, 1.82) is 0 Å². The highest BCUT2D eigenvalue weighted by Crippen LogP contribution is 2.15. The molecule has 0 aliphatic carbocycles. The molecule has 0 radical (unpaired) electrons. The molecule has 0 bridgehead atoms. The number of nitrogens with zero attached hydrogens (tertiary/aromatic N) is 3. The van der Waals surface area contributed by atoms with Gasteiger partial charge in [0.05, 0.1) is 25.8 Å². The Morgan fingerprint density at radius 1 is 1.11 bits per heavy atom. The molecule has 0 unspecified atom stereocenters. The van der Waals surface area contributed by atoms with Crippen LogP contribution in [0.5, 0.6) is 5.75 Å². The van der Waals surface area contributed by atoms with Crippen LogP contribution in [0.2, 0.25) is 5.02 Å². The molecule has 0 fully saturated rings. The molecule has 0 aliphatic heterocycles. The fourth-order valence-electron chi connectivity index (χ4n) is 2.68. The highest BCUT2D eigenvalue weighted by atomic mass is 35.5. The quantitative estimate of drug-likeness (QED) is 0.590. The van der Waals surface area contributed by atoms with Crippen LogP contribution in [0.1, 0.15) is 17.5 Å². The fraction of sp³-hybridized carbons (Fsp3) is 0.238. The van der Waals surface area contributed by atoms with Gasteiger partial charge >= 0.3 is 0 Å². The number of carbonyl (C=O) groups excluding carboxylic acids is 1. The number of halogens is 1. The van der Waals surface area contributed by atoms with Crippen molar-refractivity contribution < 1.29 is 9.53 Å². The number of benzene rings is 2. The zero-order valence-corrected chi connectivity index (χ0v) is 16.0. The third-order valence-electron chi connectivity index (χ3n) is 4.12. The Kier molecular flexibility index (Phi) is 6.49. The third kappa shape index (κ3) is 5.86. The maximum Gasteiger partial charge on any atom is 0.226 e. The fourth-order valence-corrected chi connectivity index (χ4v) is 2.81. The van der Waals surface area contributed by atoms with Gasteiger partial charge in [0.25, 0.3) is 0 Å². The van der Waals surface area contributed by atoms with Crippen molar-refractivity contribution in [1.82, 2.24) is 14.7 Å². The van der Waals surface area contributed by atoms with Crippen molar-refractivity contribution in [3.8, 4) is 5.75 Å². The summed E-state index contributed by atoms with van der Waals surface area (Å²) in [4.78, 5) is 14.0. The van der Waals surface area contributed by atoms with Crippen LogP contribution in [0.15, 0.2) is 67.0 Å². The lowest BCUT2D eigenvalue weighted by molar-refractivity contribution is -0.130. The molecule has 27 heavy (non-hydrogen) atoms. The third-order valence-corrected chi connectivity index (χ3v) is 4.37. The average molecular weight is 384 g/mol. The average Bonchev–Trinajstić information content (AvgIpc) is 3.10. The maximum atomic E-state index is 12.3. The van der Waals surface area contributed by atoms with Crippen LogP contribution in [-0.2, 0) is 17.9 Å². The van der Waals surface area contributed by atoms with E-state index in [0.717, 1.165) is 5.56 Å². The van der Waals surface area contributed by atoms with Gasteiger partial charge in [-0.05, 0) is 29.8 Å². The van der Waals surface area contributed by atoms with Gasteiger partial charge in [-0.25, -0.2) is 0 Å². The van der Waals surface area contributed by atoms with Crippen molar-refractivity contribution >= 4 is 17.5 Å². The number of amides is 1. The van der Waals surface area contributed by atoms with E-state index in [2.05, 4.69) is 17.2 Å². The van der Waals surface area contributed by atoms with E-state index in [1.54, 1.807) is 42.4 Å². The molecule has 140 valence electrons. The molecule has 3 aromatic rings. The van der Waals surface area contributed by atoms with Gasteiger partial charge in [-0.2, -0.15) is 5.10 Å². The molecule has 0 aliphatic rings. The van der Waals surface area contributed by atoms with Crippen molar-refractivity contribution in [2.45, 2.75) is 19.5 Å². The first-order valence-electron chi connectivity index (χ1n) is 8.78. The normalized spacial score (nSPS) is 10.6. The van der Waals surface area contributed by atoms with Crippen LogP contribution in [0.25, 0.3) is 0 Å². The minimum atomic E-state index is 0.0276. The Labute approximate surface area is 164 Å². The minimum Gasteiger partial charge on any atom is -0.493 e. The molecule has 1 heterocycles. The number of carbonyl (C=O) groups is 1. The Bertz CT molecular complexity index is 863. The summed E-state index contributed by atoms with van der Waals surface area (Å²) >= 11 is 5.84. The summed E-state index contributed by atoms with van der Waals surface area (Å²) < 4.78 is 7.46. The lowest BCUT2D eigenvalue weighted by atomic mass is 10.2. The first kappa shape index (κ1) is 19.0.